The summed E-state index contributed by atoms with van der Waals surface area (Å²) in [5.41, 5.74) is 3.59. The van der Waals surface area contributed by atoms with Crippen molar-refractivity contribution in [3.63, 3.8) is 0 Å². The maximum atomic E-state index is 12.3. The molecule has 1 aromatic rings. The van der Waals surface area contributed by atoms with E-state index in [0.717, 1.165) is 31.3 Å². The third-order valence-corrected chi connectivity index (χ3v) is 5.86. The number of rotatable bonds is 6. The van der Waals surface area contributed by atoms with E-state index in [2.05, 4.69) is 18.2 Å². The average molecular weight is 378 g/mol. The van der Waals surface area contributed by atoms with Crippen LogP contribution in [0.25, 0.3) is 5.57 Å². The van der Waals surface area contributed by atoms with Gasteiger partial charge in [0.1, 0.15) is 0 Å². The van der Waals surface area contributed by atoms with Gasteiger partial charge in [0.2, 0.25) is 5.91 Å². The van der Waals surface area contributed by atoms with Gasteiger partial charge < -0.3 is 4.90 Å². The second kappa shape index (κ2) is 7.53. The van der Waals surface area contributed by atoms with Gasteiger partial charge in [-0.3, -0.25) is 8.98 Å². The first-order valence-electron chi connectivity index (χ1n) is 9.17. The molecule has 1 aliphatic carbocycles. The summed E-state index contributed by atoms with van der Waals surface area (Å²) in [6.07, 6.45) is 4.98. The quantitative estimate of drug-likeness (QED) is 0.715. The Kier molecular flexibility index (Phi) is 5.53. The zero-order valence-electron chi connectivity index (χ0n) is 15.6. The lowest BCUT2D eigenvalue weighted by molar-refractivity contribution is -0.133. The van der Waals surface area contributed by atoms with Crippen molar-refractivity contribution in [2.45, 2.75) is 26.7 Å². The second-order valence-electron chi connectivity index (χ2n) is 7.63. The standard InChI is InChI=1S/C20H27NO4S/c1-14(2)20(22)21-12-17-8-9-18(19(17)13-21)16-6-4-15(5-7-16)10-11-25-26(3,23)24/h4-7,9,14,17,19H,8,10-13H2,1-3H3. The number of hydrogen-bond acceptors (Lipinski definition) is 4. The van der Waals surface area contributed by atoms with Crippen molar-refractivity contribution in [1.29, 1.82) is 0 Å². The normalized spacial score (nSPS) is 22.6. The van der Waals surface area contributed by atoms with E-state index < -0.39 is 10.1 Å². The summed E-state index contributed by atoms with van der Waals surface area (Å²) in [5.74, 6) is 1.27. The van der Waals surface area contributed by atoms with Gasteiger partial charge in [0.25, 0.3) is 10.1 Å². The highest BCUT2D eigenvalue weighted by atomic mass is 32.2. The molecule has 1 saturated heterocycles. The molecule has 2 atom stereocenters. The number of fused-ring (bicyclic) bond motifs is 1. The van der Waals surface area contributed by atoms with Crippen LogP contribution in [-0.4, -0.2) is 45.2 Å². The number of allylic oxidation sites excluding steroid dienone is 1. The number of benzene rings is 1. The molecule has 6 heteroatoms. The van der Waals surface area contributed by atoms with Gasteiger partial charge in [-0.05, 0) is 35.5 Å². The van der Waals surface area contributed by atoms with Crippen molar-refractivity contribution in [3.8, 4) is 0 Å². The van der Waals surface area contributed by atoms with Gasteiger partial charge in [-0.1, -0.05) is 44.2 Å². The lowest BCUT2D eigenvalue weighted by atomic mass is 9.90. The zero-order chi connectivity index (χ0) is 18.9. The molecule has 3 rings (SSSR count). The number of amides is 1. The molecule has 0 aromatic heterocycles. The minimum Gasteiger partial charge on any atom is -0.342 e. The van der Waals surface area contributed by atoms with E-state index in [1.54, 1.807) is 0 Å². The van der Waals surface area contributed by atoms with E-state index in [4.69, 9.17) is 4.18 Å². The van der Waals surface area contributed by atoms with Crippen LogP contribution in [0.15, 0.2) is 30.3 Å². The number of carbonyl (C=O) groups is 1. The van der Waals surface area contributed by atoms with Crippen LogP contribution in [0.5, 0.6) is 0 Å². The molecular weight excluding hydrogens is 350 g/mol. The number of hydrogen-bond donors (Lipinski definition) is 0. The summed E-state index contributed by atoms with van der Waals surface area (Å²) in [5, 5.41) is 0. The van der Waals surface area contributed by atoms with Crippen molar-refractivity contribution in [2.24, 2.45) is 17.8 Å². The largest absolute Gasteiger partial charge is 0.342 e. The molecule has 0 bridgehead atoms. The van der Waals surface area contributed by atoms with Crippen LogP contribution in [-0.2, 0) is 25.5 Å². The monoisotopic (exact) mass is 377 g/mol. The van der Waals surface area contributed by atoms with E-state index in [-0.39, 0.29) is 18.4 Å². The molecule has 0 saturated carbocycles. The summed E-state index contributed by atoms with van der Waals surface area (Å²) in [7, 11) is -3.39. The second-order valence-corrected chi connectivity index (χ2v) is 9.28. The molecule has 1 fully saturated rings. The molecular formula is C20H27NO4S. The average Bonchev–Trinajstić information content (AvgIpc) is 3.14. The van der Waals surface area contributed by atoms with E-state index in [0.29, 0.717) is 18.3 Å². The predicted molar refractivity (Wildman–Crippen MR) is 102 cm³/mol. The fourth-order valence-corrected chi connectivity index (χ4v) is 4.33. The van der Waals surface area contributed by atoms with E-state index >= 15 is 0 Å². The summed E-state index contributed by atoms with van der Waals surface area (Å²) in [4.78, 5) is 14.3. The van der Waals surface area contributed by atoms with Crippen molar-refractivity contribution in [2.75, 3.05) is 26.0 Å². The topological polar surface area (TPSA) is 63.7 Å². The van der Waals surface area contributed by atoms with Gasteiger partial charge >= 0.3 is 0 Å². The molecule has 0 N–H and O–H groups in total. The summed E-state index contributed by atoms with van der Waals surface area (Å²) in [6.45, 7) is 5.76. The highest BCUT2D eigenvalue weighted by Crippen LogP contribution is 2.43. The van der Waals surface area contributed by atoms with E-state index in [1.807, 2.05) is 30.9 Å². The fourth-order valence-electron chi connectivity index (χ4n) is 3.94. The van der Waals surface area contributed by atoms with Crippen LogP contribution in [0.4, 0.5) is 0 Å². The number of nitrogens with zero attached hydrogens (tertiary/aromatic N) is 1. The molecule has 1 heterocycles. The Labute approximate surface area is 156 Å². The number of likely N-dealkylation sites (tertiary alicyclic amines) is 1. The molecule has 2 unspecified atom stereocenters. The Hall–Kier alpha value is -1.66. The smallest absolute Gasteiger partial charge is 0.264 e. The third kappa shape index (κ3) is 4.35. The predicted octanol–water partition coefficient (Wildman–Crippen LogP) is 2.72. The molecule has 26 heavy (non-hydrogen) atoms. The van der Waals surface area contributed by atoms with Gasteiger partial charge in [0, 0.05) is 24.9 Å². The highest BCUT2D eigenvalue weighted by Gasteiger charge is 2.40. The molecule has 0 radical (unpaired) electrons. The summed E-state index contributed by atoms with van der Waals surface area (Å²) in [6, 6.07) is 8.25. The Morgan fingerprint density at radius 2 is 1.92 bits per heavy atom. The Balaban J connectivity index is 1.62. The fraction of sp³-hybridized carbons (Fsp3) is 0.550. The number of carbonyl (C=O) groups excluding carboxylic acids is 1. The Morgan fingerprint density at radius 1 is 1.23 bits per heavy atom. The zero-order valence-corrected chi connectivity index (χ0v) is 16.5. The molecule has 5 nitrogen and oxygen atoms in total. The summed E-state index contributed by atoms with van der Waals surface area (Å²) >= 11 is 0. The Bertz CT molecular complexity index is 796. The van der Waals surface area contributed by atoms with E-state index in [1.165, 1.54) is 11.1 Å². The van der Waals surface area contributed by atoms with Crippen molar-refractivity contribution in [3.05, 3.63) is 41.5 Å². The molecule has 142 valence electrons. The van der Waals surface area contributed by atoms with Gasteiger partial charge in [0.15, 0.2) is 0 Å². The first-order valence-corrected chi connectivity index (χ1v) is 11.0. The van der Waals surface area contributed by atoms with Crippen molar-refractivity contribution < 1.29 is 17.4 Å². The molecule has 0 spiro atoms. The van der Waals surface area contributed by atoms with Crippen LogP contribution in [0.3, 0.4) is 0 Å². The Morgan fingerprint density at radius 3 is 2.54 bits per heavy atom. The highest BCUT2D eigenvalue weighted by molar-refractivity contribution is 7.85. The molecule has 2 aliphatic rings. The SMILES string of the molecule is CC(C)C(=O)N1CC2CC=C(c3ccc(CCOS(C)(=O)=O)cc3)C2C1. The first kappa shape index (κ1) is 19.1. The van der Waals surface area contributed by atoms with Gasteiger partial charge in [-0.25, -0.2) is 0 Å². The van der Waals surface area contributed by atoms with Crippen LogP contribution < -0.4 is 0 Å². The first-order chi connectivity index (χ1) is 12.2. The van der Waals surface area contributed by atoms with Crippen LogP contribution >= 0.6 is 0 Å². The molecule has 1 aliphatic heterocycles. The van der Waals surface area contributed by atoms with Gasteiger partial charge in [-0.15, -0.1) is 0 Å². The third-order valence-electron chi connectivity index (χ3n) is 5.26. The van der Waals surface area contributed by atoms with Crippen LogP contribution in [0.1, 0.15) is 31.4 Å². The lowest BCUT2D eigenvalue weighted by Gasteiger charge is -2.20. The maximum absolute atomic E-state index is 12.3. The van der Waals surface area contributed by atoms with Gasteiger partial charge in [0.05, 0.1) is 12.9 Å². The van der Waals surface area contributed by atoms with E-state index in [9.17, 15) is 13.2 Å². The minimum atomic E-state index is -3.39. The summed E-state index contributed by atoms with van der Waals surface area (Å²) < 4.78 is 26.8. The molecule has 1 amide bonds. The van der Waals surface area contributed by atoms with Gasteiger partial charge in [-0.2, -0.15) is 8.42 Å². The lowest BCUT2D eigenvalue weighted by Crippen LogP contribution is -2.32. The van der Waals surface area contributed by atoms with Crippen molar-refractivity contribution >= 4 is 21.6 Å². The van der Waals surface area contributed by atoms with Crippen LogP contribution in [0.2, 0.25) is 0 Å². The minimum absolute atomic E-state index is 0.0506. The van der Waals surface area contributed by atoms with Crippen molar-refractivity contribution in [1.82, 2.24) is 4.90 Å². The maximum Gasteiger partial charge on any atom is 0.264 e. The molecule has 1 aromatic carbocycles. The van der Waals surface area contributed by atoms with Crippen LogP contribution in [0, 0.1) is 17.8 Å².